The lowest BCUT2D eigenvalue weighted by molar-refractivity contribution is -0.123. The van der Waals surface area contributed by atoms with Gasteiger partial charge in [-0.05, 0) is 57.8 Å². The van der Waals surface area contributed by atoms with Crippen molar-refractivity contribution in [1.82, 2.24) is 5.32 Å². The third kappa shape index (κ3) is 39.6. The van der Waals surface area contributed by atoms with Gasteiger partial charge in [0.2, 0.25) is 5.91 Å². The Balaban J connectivity index is 3.38. The van der Waals surface area contributed by atoms with E-state index in [2.05, 4.69) is 55.6 Å². The van der Waals surface area contributed by atoms with Crippen molar-refractivity contribution in [3.63, 3.8) is 0 Å². The molecule has 304 valence electrons. The van der Waals surface area contributed by atoms with Gasteiger partial charge in [0.05, 0.1) is 18.8 Å². The van der Waals surface area contributed by atoms with Crippen LogP contribution < -0.4 is 5.32 Å². The largest absolute Gasteiger partial charge is 0.394 e. The van der Waals surface area contributed by atoms with Crippen LogP contribution in [0.4, 0.5) is 0 Å². The first-order chi connectivity index (χ1) is 25.7. The topological polar surface area (TPSA) is 69.6 Å². The number of nitrogens with one attached hydrogen (secondary N) is 1. The molecule has 0 spiro atoms. The van der Waals surface area contributed by atoms with E-state index < -0.39 is 12.1 Å². The number of carbonyl (C=O) groups is 1. The molecule has 2 atom stereocenters. The van der Waals surface area contributed by atoms with Gasteiger partial charge in [-0.3, -0.25) is 4.79 Å². The van der Waals surface area contributed by atoms with Gasteiger partial charge in [-0.25, -0.2) is 0 Å². The lowest BCUT2D eigenvalue weighted by Crippen LogP contribution is -2.45. The van der Waals surface area contributed by atoms with E-state index in [4.69, 9.17) is 0 Å². The zero-order valence-corrected chi connectivity index (χ0v) is 34.8. The van der Waals surface area contributed by atoms with Crippen LogP contribution in [0.2, 0.25) is 0 Å². The average Bonchev–Trinajstić information content (AvgIpc) is 3.15. The van der Waals surface area contributed by atoms with Crippen LogP contribution in [-0.4, -0.2) is 34.9 Å². The van der Waals surface area contributed by atoms with Gasteiger partial charge in [-0.2, -0.15) is 0 Å². The number of allylic oxidation sites excluding steroid dienone is 7. The van der Waals surface area contributed by atoms with Crippen molar-refractivity contribution < 1.29 is 15.0 Å². The highest BCUT2D eigenvalue weighted by Crippen LogP contribution is 2.16. The van der Waals surface area contributed by atoms with Crippen LogP contribution in [0.1, 0.15) is 232 Å². The fourth-order valence-electron chi connectivity index (χ4n) is 6.76. The van der Waals surface area contributed by atoms with E-state index in [0.717, 1.165) is 44.9 Å². The van der Waals surface area contributed by atoms with Crippen LogP contribution in [-0.2, 0) is 4.79 Å². The van der Waals surface area contributed by atoms with Crippen molar-refractivity contribution in [3.8, 4) is 0 Å². The lowest BCUT2D eigenvalue weighted by atomic mass is 10.0. The van der Waals surface area contributed by atoms with Crippen LogP contribution in [0.3, 0.4) is 0 Å². The summed E-state index contributed by atoms with van der Waals surface area (Å²) in [6.45, 7) is 4.18. The maximum atomic E-state index is 12.3. The molecule has 3 N–H and O–H groups in total. The average molecular weight is 728 g/mol. The molecule has 52 heavy (non-hydrogen) atoms. The smallest absolute Gasteiger partial charge is 0.220 e. The number of hydrogen-bond donors (Lipinski definition) is 3. The highest BCUT2D eigenvalue weighted by atomic mass is 16.3. The van der Waals surface area contributed by atoms with Gasteiger partial charge in [0.25, 0.3) is 0 Å². The second kappa shape index (κ2) is 43.8. The van der Waals surface area contributed by atoms with Crippen molar-refractivity contribution in [2.75, 3.05) is 6.61 Å². The number of aliphatic hydroxyl groups is 2. The summed E-state index contributed by atoms with van der Waals surface area (Å²) in [4.78, 5) is 12.3. The van der Waals surface area contributed by atoms with Gasteiger partial charge >= 0.3 is 0 Å². The SMILES string of the molecule is CCC/C=C/CC/C=C/C(O)C(CO)NC(=O)CCCCCCCCCCCCCCCCCCCCCCC/C=C\C/C=C\CCCCCCC. The van der Waals surface area contributed by atoms with Crippen molar-refractivity contribution >= 4 is 5.91 Å². The number of carbonyl (C=O) groups excluding carboxylic acids is 1. The van der Waals surface area contributed by atoms with E-state index in [1.807, 2.05) is 6.08 Å². The minimum Gasteiger partial charge on any atom is -0.394 e. The van der Waals surface area contributed by atoms with Crippen molar-refractivity contribution in [3.05, 3.63) is 48.6 Å². The van der Waals surface area contributed by atoms with Crippen LogP contribution in [0.25, 0.3) is 0 Å². The quantitative estimate of drug-likeness (QED) is 0.0434. The molecule has 0 bridgehead atoms. The summed E-state index contributed by atoms with van der Waals surface area (Å²) in [5.41, 5.74) is 0. The van der Waals surface area contributed by atoms with Crippen molar-refractivity contribution in [1.29, 1.82) is 0 Å². The van der Waals surface area contributed by atoms with E-state index in [1.165, 1.54) is 167 Å². The number of hydrogen-bond acceptors (Lipinski definition) is 3. The molecule has 0 aliphatic heterocycles. The molecule has 0 heterocycles. The molecule has 1 amide bonds. The molecule has 0 aromatic carbocycles. The Morgan fingerprint density at radius 2 is 0.846 bits per heavy atom. The first-order valence-corrected chi connectivity index (χ1v) is 22.9. The van der Waals surface area contributed by atoms with Gasteiger partial charge in [0.15, 0.2) is 0 Å². The van der Waals surface area contributed by atoms with Gasteiger partial charge in [0, 0.05) is 6.42 Å². The molecule has 0 saturated carbocycles. The minimum absolute atomic E-state index is 0.0771. The first kappa shape index (κ1) is 50.4. The predicted octanol–water partition coefficient (Wildman–Crippen LogP) is 14.4. The molecule has 0 saturated heterocycles. The third-order valence-corrected chi connectivity index (χ3v) is 10.3. The number of unbranched alkanes of at least 4 members (excludes halogenated alkanes) is 28. The van der Waals surface area contributed by atoms with E-state index >= 15 is 0 Å². The summed E-state index contributed by atoms with van der Waals surface area (Å²) >= 11 is 0. The Morgan fingerprint density at radius 3 is 1.29 bits per heavy atom. The normalized spacial score (nSPS) is 13.4. The molecule has 2 unspecified atom stereocenters. The van der Waals surface area contributed by atoms with Crippen LogP contribution in [0.15, 0.2) is 48.6 Å². The first-order valence-electron chi connectivity index (χ1n) is 22.9. The fourth-order valence-corrected chi connectivity index (χ4v) is 6.76. The van der Waals surface area contributed by atoms with Crippen LogP contribution >= 0.6 is 0 Å². The molecule has 0 radical (unpaired) electrons. The number of rotatable bonds is 41. The lowest BCUT2D eigenvalue weighted by Gasteiger charge is -2.19. The maximum Gasteiger partial charge on any atom is 0.220 e. The maximum absolute atomic E-state index is 12.3. The Morgan fingerprint density at radius 1 is 0.462 bits per heavy atom. The Kier molecular flexibility index (Phi) is 42.4. The highest BCUT2D eigenvalue weighted by Gasteiger charge is 2.17. The molecule has 4 nitrogen and oxygen atoms in total. The second-order valence-electron chi connectivity index (χ2n) is 15.5. The van der Waals surface area contributed by atoms with Crippen molar-refractivity contribution in [2.24, 2.45) is 0 Å². The Hall–Kier alpha value is -1.65. The van der Waals surface area contributed by atoms with E-state index in [0.29, 0.717) is 6.42 Å². The Labute approximate surface area is 324 Å². The monoisotopic (exact) mass is 728 g/mol. The highest BCUT2D eigenvalue weighted by molar-refractivity contribution is 5.76. The summed E-state index contributed by atoms with van der Waals surface area (Å²) in [7, 11) is 0. The fraction of sp³-hybridized carbons (Fsp3) is 0.812. The summed E-state index contributed by atoms with van der Waals surface area (Å²) in [6.07, 6.45) is 59.8. The Bertz CT molecular complexity index is 831. The minimum atomic E-state index is -0.857. The third-order valence-electron chi connectivity index (χ3n) is 10.3. The summed E-state index contributed by atoms with van der Waals surface area (Å²) in [6, 6.07) is -0.634. The van der Waals surface area contributed by atoms with Crippen LogP contribution in [0.5, 0.6) is 0 Å². The summed E-state index contributed by atoms with van der Waals surface area (Å²) in [5, 5.41) is 22.7. The number of amides is 1. The van der Waals surface area contributed by atoms with Gasteiger partial charge in [0.1, 0.15) is 0 Å². The molecule has 4 heteroatoms. The second-order valence-corrected chi connectivity index (χ2v) is 15.5. The standard InChI is InChI=1S/C48H89NO3/c1-3-5-7-9-11-12-13-14-15-16-17-18-19-20-21-22-23-24-25-26-27-28-29-30-31-32-33-34-35-36-38-40-42-44-48(52)49-46(45-50)47(51)43-41-39-37-10-8-6-4-2/h8,10,13-14,16-17,41,43,46-47,50-51H,3-7,9,11-12,15,18-40,42,44-45H2,1-2H3,(H,49,52)/b10-8+,14-13-,17-16-,43-41+. The van der Waals surface area contributed by atoms with E-state index in [9.17, 15) is 15.0 Å². The van der Waals surface area contributed by atoms with Crippen molar-refractivity contribution in [2.45, 2.75) is 244 Å². The molecular weight excluding hydrogens is 639 g/mol. The van der Waals surface area contributed by atoms with E-state index in [1.54, 1.807) is 6.08 Å². The summed E-state index contributed by atoms with van der Waals surface area (Å²) < 4.78 is 0. The summed E-state index contributed by atoms with van der Waals surface area (Å²) in [5.74, 6) is -0.0771. The van der Waals surface area contributed by atoms with Gasteiger partial charge in [-0.15, -0.1) is 0 Å². The molecular formula is C48H89NO3. The molecule has 0 aromatic rings. The zero-order chi connectivity index (χ0) is 37.8. The molecule has 0 aromatic heterocycles. The molecule has 0 aliphatic carbocycles. The van der Waals surface area contributed by atoms with E-state index in [-0.39, 0.29) is 12.5 Å². The number of aliphatic hydroxyl groups excluding tert-OH is 2. The molecule has 0 aliphatic rings. The van der Waals surface area contributed by atoms with Gasteiger partial charge in [-0.1, -0.05) is 217 Å². The molecule has 0 fully saturated rings. The van der Waals surface area contributed by atoms with Gasteiger partial charge < -0.3 is 15.5 Å². The predicted molar refractivity (Wildman–Crippen MR) is 230 cm³/mol. The zero-order valence-electron chi connectivity index (χ0n) is 34.8. The van der Waals surface area contributed by atoms with Crippen LogP contribution in [0, 0.1) is 0 Å². The molecule has 0 rings (SSSR count).